The van der Waals surface area contributed by atoms with Gasteiger partial charge >= 0.3 is 24.4 Å². The molecular weight excluding hydrogens is 448 g/mol. The summed E-state index contributed by atoms with van der Waals surface area (Å²) in [6.07, 6.45) is -4.95. The van der Waals surface area contributed by atoms with Gasteiger partial charge in [0.25, 0.3) is 0 Å². The lowest BCUT2D eigenvalue weighted by Gasteiger charge is -2.36. The van der Waals surface area contributed by atoms with Crippen molar-refractivity contribution in [2.75, 3.05) is 45.8 Å². The number of carboxylic acid groups (broad SMARTS) is 4. The number of hydrogen-bond acceptors (Lipinski definition) is 4. The number of rotatable bonds is 2. The second-order valence-corrected chi connectivity index (χ2v) is 7.59. The van der Waals surface area contributed by atoms with Gasteiger partial charge in [-0.1, -0.05) is 43.7 Å². The van der Waals surface area contributed by atoms with Crippen molar-refractivity contribution in [3.05, 3.63) is 35.4 Å². The molecule has 0 aromatic heterocycles. The number of benzene rings is 1. The van der Waals surface area contributed by atoms with Crippen LogP contribution < -0.4 is 0 Å². The van der Waals surface area contributed by atoms with Crippen molar-refractivity contribution in [1.29, 1.82) is 0 Å². The van der Waals surface area contributed by atoms with Gasteiger partial charge in [-0.05, 0) is 18.9 Å². The van der Waals surface area contributed by atoms with E-state index in [0.717, 1.165) is 30.7 Å². The Morgan fingerprint density at radius 3 is 1.53 bits per heavy atom. The number of amides is 4. The Labute approximate surface area is 198 Å². The van der Waals surface area contributed by atoms with E-state index in [1.807, 2.05) is 45.0 Å². The molecule has 34 heavy (non-hydrogen) atoms. The molecule has 190 valence electrons. The Bertz CT molecular complexity index is 833. The molecule has 1 atom stereocenters. The first kappa shape index (κ1) is 28.3. The molecule has 12 nitrogen and oxygen atoms in total. The van der Waals surface area contributed by atoms with Crippen LogP contribution in [0.2, 0.25) is 0 Å². The number of hydrogen-bond donors (Lipinski definition) is 4. The van der Waals surface area contributed by atoms with Crippen molar-refractivity contribution < 1.29 is 39.6 Å². The maximum atomic E-state index is 12.0. The van der Waals surface area contributed by atoms with Crippen LogP contribution in [0.5, 0.6) is 0 Å². The minimum absolute atomic E-state index is 0.158. The maximum absolute atomic E-state index is 12.0. The maximum Gasteiger partial charge on any atom is 0.407 e. The normalized spacial score (nSPS) is 17.6. The summed E-state index contributed by atoms with van der Waals surface area (Å²) in [6.45, 7) is 4.71. The van der Waals surface area contributed by atoms with E-state index in [9.17, 15) is 39.6 Å². The lowest BCUT2D eigenvalue weighted by molar-refractivity contribution is 0.0763. The molecule has 0 radical (unpaired) electrons. The van der Waals surface area contributed by atoms with Gasteiger partial charge in [-0.15, -0.1) is 0 Å². The zero-order valence-electron chi connectivity index (χ0n) is 19.8. The molecule has 1 heterocycles. The fourth-order valence-corrected chi connectivity index (χ4v) is 3.54. The summed E-state index contributed by atoms with van der Waals surface area (Å²) in [5, 5.41) is 38.3. The summed E-state index contributed by atoms with van der Waals surface area (Å²) in [5.41, 5.74) is 1.81. The molecule has 1 saturated heterocycles. The summed E-state index contributed by atoms with van der Waals surface area (Å²) in [4.78, 5) is 50.9. The Kier molecular flexibility index (Phi) is 11.5. The van der Waals surface area contributed by atoms with Crippen LogP contribution in [-0.2, 0) is 6.42 Å². The smallest absolute Gasteiger partial charge is 0.407 e. The Balaban J connectivity index is 0.00000281. The van der Waals surface area contributed by atoms with Crippen LogP contribution in [0, 0.1) is 6.92 Å². The van der Waals surface area contributed by atoms with E-state index >= 15 is 0 Å². The third kappa shape index (κ3) is 8.68. The summed E-state index contributed by atoms with van der Waals surface area (Å²) < 4.78 is 0. The summed E-state index contributed by atoms with van der Waals surface area (Å²) in [6, 6.07) is 6.59. The first-order valence-corrected chi connectivity index (χ1v) is 11.1. The largest absolute Gasteiger partial charge is 0.465 e. The molecule has 1 aliphatic heterocycles. The number of carbonyl (C=O) groups is 4. The van der Waals surface area contributed by atoms with Crippen molar-refractivity contribution in [3.8, 4) is 0 Å². The first-order chi connectivity index (χ1) is 16.1. The standard InChI is InChI=1S/C20H28N4O8.C2H6/c1-14-2-4-15(5-3-14)12-16-13-23(19(29)30)9-8-21(17(25)26)6-7-22(18(27)28)10-11-24(16)20(31)32;1-2/h2-5,16H,6-13H2,1H3,(H,25,26)(H,27,28)(H,29,30)(H,31,32);1-2H3. The molecular formula is C22H34N4O8. The van der Waals surface area contributed by atoms with E-state index in [1.165, 1.54) is 0 Å². The molecule has 1 unspecified atom stereocenters. The molecule has 0 spiro atoms. The molecule has 4 amide bonds. The first-order valence-electron chi connectivity index (χ1n) is 11.1. The molecule has 2 rings (SSSR count). The highest BCUT2D eigenvalue weighted by atomic mass is 16.4. The van der Waals surface area contributed by atoms with Crippen LogP contribution >= 0.6 is 0 Å². The van der Waals surface area contributed by atoms with Crippen molar-refractivity contribution in [2.24, 2.45) is 0 Å². The molecule has 1 aromatic carbocycles. The minimum atomic E-state index is -1.29. The van der Waals surface area contributed by atoms with Crippen LogP contribution in [0.4, 0.5) is 19.2 Å². The van der Waals surface area contributed by atoms with Crippen molar-refractivity contribution in [3.63, 3.8) is 0 Å². The Hall–Kier alpha value is -3.70. The fraction of sp³-hybridized carbons (Fsp3) is 0.545. The molecule has 4 N–H and O–H groups in total. The van der Waals surface area contributed by atoms with E-state index < -0.39 is 30.4 Å². The summed E-state index contributed by atoms with van der Waals surface area (Å²) in [5.74, 6) is 0. The SMILES string of the molecule is CC.Cc1ccc(CC2CN(C(=O)O)CCN(C(=O)O)CCN(C(=O)O)CCN2C(=O)O)cc1. The van der Waals surface area contributed by atoms with Crippen LogP contribution in [0.3, 0.4) is 0 Å². The summed E-state index contributed by atoms with van der Waals surface area (Å²) >= 11 is 0. The molecule has 0 bridgehead atoms. The second-order valence-electron chi connectivity index (χ2n) is 7.59. The molecule has 1 aromatic rings. The van der Waals surface area contributed by atoms with Gasteiger partial charge in [-0.25, -0.2) is 19.2 Å². The van der Waals surface area contributed by atoms with E-state index in [2.05, 4.69) is 0 Å². The molecule has 12 heteroatoms. The molecule has 1 aliphatic rings. The molecule has 0 saturated carbocycles. The number of aryl methyl sites for hydroxylation is 1. The lowest BCUT2D eigenvalue weighted by Crippen LogP contribution is -2.54. The van der Waals surface area contributed by atoms with Gasteiger partial charge in [0.05, 0.1) is 6.04 Å². The van der Waals surface area contributed by atoms with E-state index in [-0.39, 0.29) is 52.2 Å². The Morgan fingerprint density at radius 2 is 1.12 bits per heavy atom. The minimum Gasteiger partial charge on any atom is -0.465 e. The third-order valence-electron chi connectivity index (χ3n) is 5.41. The predicted octanol–water partition coefficient (Wildman–Crippen LogP) is 2.87. The van der Waals surface area contributed by atoms with Gasteiger partial charge < -0.3 is 40.0 Å². The third-order valence-corrected chi connectivity index (χ3v) is 5.41. The zero-order chi connectivity index (χ0) is 25.8. The van der Waals surface area contributed by atoms with Gasteiger partial charge in [-0.3, -0.25) is 0 Å². The van der Waals surface area contributed by atoms with Crippen LogP contribution in [0.15, 0.2) is 24.3 Å². The summed E-state index contributed by atoms with van der Waals surface area (Å²) in [7, 11) is 0. The van der Waals surface area contributed by atoms with E-state index in [4.69, 9.17) is 0 Å². The predicted molar refractivity (Wildman–Crippen MR) is 124 cm³/mol. The van der Waals surface area contributed by atoms with Crippen LogP contribution in [0.1, 0.15) is 25.0 Å². The van der Waals surface area contributed by atoms with Gasteiger partial charge in [0.1, 0.15) is 0 Å². The van der Waals surface area contributed by atoms with Crippen molar-refractivity contribution >= 4 is 24.4 Å². The van der Waals surface area contributed by atoms with Crippen LogP contribution in [-0.4, -0.2) is 116 Å². The van der Waals surface area contributed by atoms with Crippen molar-refractivity contribution in [1.82, 2.24) is 19.6 Å². The van der Waals surface area contributed by atoms with Crippen LogP contribution in [0.25, 0.3) is 0 Å². The van der Waals surface area contributed by atoms with Crippen molar-refractivity contribution in [2.45, 2.75) is 33.2 Å². The average Bonchev–Trinajstić information content (AvgIpc) is 2.77. The molecule has 0 aliphatic carbocycles. The second kappa shape index (κ2) is 13.8. The monoisotopic (exact) mass is 482 g/mol. The highest BCUT2D eigenvalue weighted by Gasteiger charge is 2.30. The van der Waals surface area contributed by atoms with E-state index in [0.29, 0.717) is 0 Å². The lowest BCUT2D eigenvalue weighted by atomic mass is 10.0. The fourth-order valence-electron chi connectivity index (χ4n) is 3.54. The average molecular weight is 483 g/mol. The van der Waals surface area contributed by atoms with Gasteiger partial charge in [0.2, 0.25) is 0 Å². The highest BCUT2D eigenvalue weighted by molar-refractivity contribution is 5.68. The van der Waals surface area contributed by atoms with Gasteiger partial charge in [-0.2, -0.15) is 0 Å². The van der Waals surface area contributed by atoms with E-state index in [1.54, 1.807) is 0 Å². The van der Waals surface area contributed by atoms with Gasteiger partial charge in [0.15, 0.2) is 0 Å². The zero-order valence-corrected chi connectivity index (χ0v) is 19.8. The number of nitrogens with zero attached hydrogens (tertiary/aromatic N) is 4. The quantitative estimate of drug-likeness (QED) is 0.500. The van der Waals surface area contributed by atoms with Gasteiger partial charge in [0, 0.05) is 45.8 Å². The topological polar surface area (TPSA) is 162 Å². The highest BCUT2D eigenvalue weighted by Crippen LogP contribution is 2.14. The Morgan fingerprint density at radius 1 is 0.706 bits per heavy atom. The molecule has 1 fully saturated rings.